The first-order chi connectivity index (χ1) is 15.6. The molecular formula is C24H22N4O2S2. The van der Waals surface area contributed by atoms with Crippen molar-refractivity contribution >= 4 is 39.8 Å². The zero-order valence-corrected chi connectivity index (χ0v) is 19.3. The number of nitriles is 1. The fourth-order valence-electron chi connectivity index (χ4n) is 4.21. The Bertz CT molecular complexity index is 1330. The molecule has 5 rings (SSSR count). The second kappa shape index (κ2) is 8.93. The van der Waals surface area contributed by atoms with E-state index in [1.165, 1.54) is 28.6 Å². The Morgan fingerprint density at radius 3 is 3.12 bits per heavy atom. The summed E-state index contributed by atoms with van der Waals surface area (Å²) in [5, 5.41) is 18.6. The zero-order valence-electron chi connectivity index (χ0n) is 17.7. The number of para-hydroxylation sites is 1. The average Bonchev–Trinajstić information content (AvgIpc) is 3.52. The van der Waals surface area contributed by atoms with E-state index < -0.39 is 0 Å². The van der Waals surface area contributed by atoms with Crippen LogP contribution in [0.2, 0.25) is 0 Å². The van der Waals surface area contributed by atoms with Crippen LogP contribution in [-0.2, 0) is 19.4 Å². The molecule has 0 aliphatic heterocycles. The van der Waals surface area contributed by atoms with Gasteiger partial charge < -0.3 is 8.98 Å². The van der Waals surface area contributed by atoms with E-state index in [4.69, 9.17) is 9.68 Å². The Labute approximate surface area is 194 Å². The number of hydrogen-bond acceptors (Lipinski definition) is 7. The molecule has 1 aromatic carbocycles. The average molecular weight is 463 g/mol. The third-order valence-electron chi connectivity index (χ3n) is 5.83. The van der Waals surface area contributed by atoms with Gasteiger partial charge >= 0.3 is 0 Å². The number of Topliss-reactive ketones (excluding diaryl/α,β-unsaturated/α-hetero) is 1. The number of rotatable bonds is 7. The van der Waals surface area contributed by atoms with Crippen LogP contribution < -0.4 is 0 Å². The van der Waals surface area contributed by atoms with E-state index >= 15 is 0 Å². The van der Waals surface area contributed by atoms with Gasteiger partial charge in [0.05, 0.1) is 23.1 Å². The Kier molecular flexibility index (Phi) is 5.85. The number of thiophene rings is 1. The van der Waals surface area contributed by atoms with Crippen molar-refractivity contribution in [3.63, 3.8) is 0 Å². The molecule has 1 atom stereocenters. The van der Waals surface area contributed by atoms with Crippen LogP contribution in [0.25, 0.3) is 21.7 Å². The van der Waals surface area contributed by atoms with Crippen LogP contribution in [0, 0.1) is 17.2 Å². The molecule has 162 valence electrons. The SMILES string of the molecule is CC1CCc2sc(-c3nnc(SCC(=O)c4cn(CCC#N)c5ccccc45)o3)cc2C1. The van der Waals surface area contributed by atoms with Crippen molar-refractivity contribution in [1.29, 1.82) is 5.26 Å². The van der Waals surface area contributed by atoms with Crippen molar-refractivity contribution < 1.29 is 9.21 Å². The van der Waals surface area contributed by atoms with Gasteiger partial charge in [0.15, 0.2) is 5.78 Å². The van der Waals surface area contributed by atoms with E-state index in [1.807, 2.05) is 35.0 Å². The summed E-state index contributed by atoms with van der Waals surface area (Å²) in [6.07, 6.45) is 5.70. The van der Waals surface area contributed by atoms with Gasteiger partial charge in [-0.3, -0.25) is 4.79 Å². The van der Waals surface area contributed by atoms with Crippen LogP contribution in [0.15, 0.2) is 46.2 Å². The number of carbonyl (C=O) groups excluding carboxylic acids is 1. The summed E-state index contributed by atoms with van der Waals surface area (Å²) in [5.41, 5.74) is 3.03. The highest BCUT2D eigenvalue weighted by Crippen LogP contribution is 2.37. The molecule has 8 heteroatoms. The lowest BCUT2D eigenvalue weighted by Crippen LogP contribution is -2.07. The predicted octanol–water partition coefficient (Wildman–Crippen LogP) is 5.77. The maximum Gasteiger partial charge on any atom is 0.277 e. The Hall–Kier alpha value is -2.89. The van der Waals surface area contributed by atoms with Crippen molar-refractivity contribution in [1.82, 2.24) is 14.8 Å². The van der Waals surface area contributed by atoms with Gasteiger partial charge in [-0.1, -0.05) is 36.9 Å². The van der Waals surface area contributed by atoms with Gasteiger partial charge in [0.25, 0.3) is 11.1 Å². The Morgan fingerprint density at radius 2 is 2.25 bits per heavy atom. The highest BCUT2D eigenvalue weighted by Gasteiger charge is 2.22. The third kappa shape index (κ3) is 4.10. The Balaban J connectivity index is 1.30. The van der Waals surface area contributed by atoms with Crippen LogP contribution >= 0.6 is 23.1 Å². The minimum atomic E-state index is 0.00207. The second-order valence-electron chi connectivity index (χ2n) is 8.15. The summed E-state index contributed by atoms with van der Waals surface area (Å²) in [7, 11) is 0. The standard InChI is InChI=1S/C24H22N4O2S2/c1-15-7-8-21-16(11-15)12-22(32-21)23-26-27-24(30-23)31-14-20(29)18-13-28(10-4-9-25)19-6-3-2-5-17(18)19/h2-3,5-6,12-13,15H,4,7-8,10-11,14H2,1H3. The van der Waals surface area contributed by atoms with E-state index in [0.717, 1.165) is 34.5 Å². The number of benzene rings is 1. The number of aromatic nitrogens is 3. The molecule has 3 heterocycles. The molecule has 0 amide bonds. The van der Waals surface area contributed by atoms with Crippen molar-refractivity contribution in [3.8, 4) is 16.8 Å². The fourth-order valence-corrected chi connectivity index (χ4v) is 5.98. The van der Waals surface area contributed by atoms with Gasteiger partial charge in [0.1, 0.15) is 0 Å². The molecule has 0 fully saturated rings. The van der Waals surface area contributed by atoms with Gasteiger partial charge in [-0.25, -0.2) is 0 Å². The first-order valence-electron chi connectivity index (χ1n) is 10.7. The first-order valence-corrected chi connectivity index (χ1v) is 12.5. The van der Waals surface area contributed by atoms with Crippen LogP contribution in [-0.4, -0.2) is 26.3 Å². The zero-order chi connectivity index (χ0) is 22.1. The molecule has 0 N–H and O–H groups in total. The molecule has 0 bridgehead atoms. The second-order valence-corrected chi connectivity index (χ2v) is 10.2. The van der Waals surface area contributed by atoms with Crippen LogP contribution in [0.3, 0.4) is 0 Å². The summed E-state index contributed by atoms with van der Waals surface area (Å²) < 4.78 is 7.84. The molecule has 1 aliphatic rings. The van der Waals surface area contributed by atoms with Gasteiger partial charge in [0, 0.05) is 34.1 Å². The molecule has 3 aromatic heterocycles. The third-order valence-corrected chi connectivity index (χ3v) is 7.87. The van der Waals surface area contributed by atoms with Crippen molar-refractivity contribution in [3.05, 3.63) is 52.5 Å². The summed E-state index contributed by atoms with van der Waals surface area (Å²) >= 11 is 3.00. The number of fused-ring (bicyclic) bond motifs is 2. The lowest BCUT2D eigenvalue weighted by Gasteiger charge is -2.16. The van der Waals surface area contributed by atoms with Crippen molar-refractivity contribution in [2.45, 2.75) is 44.4 Å². The van der Waals surface area contributed by atoms with E-state index in [1.54, 1.807) is 11.3 Å². The lowest BCUT2D eigenvalue weighted by molar-refractivity contribution is 0.102. The van der Waals surface area contributed by atoms with E-state index in [9.17, 15) is 4.79 Å². The topological polar surface area (TPSA) is 84.7 Å². The van der Waals surface area contributed by atoms with E-state index in [2.05, 4.69) is 29.3 Å². The quantitative estimate of drug-likeness (QED) is 0.256. The predicted molar refractivity (Wildman–Crippen MR) is 126 cm³/mol. The maximum absolute atomic E-state index is 13.0. The number of hydrogen-bond donors (Lipinski definition) is 0. The highest BCUT2D eigenvalue weighted by molar-refractivity contribution is 7.99. The monoisotopic (exact) mass is 462 g/mol. The summed E-state index contributed by atoms with van der Waals surface area (Å²) in [4.78, 5) is 15.4. The van der Waals surface area contributed by atoms with Crippen LogP contribution in [0.1, 0.15) is 40.6 Å². The molecule has 4 aromatic rings. The number of ketones is 1. The first kappa shape index (κ1) is 21.0. The number of aryl methyl sites for hydroxylation is 2. The van der Waals surface area contributed by atoms with Gasteiger partial charge in [-0.15, -0.1) is 21.5 Å². The number of nitrogens with zero attached hydrogens (tertiary/aromatic N) is 4. The molecule has 1 unspecified atom stereocenters. The Morgan fingerprint density at radius 1 is 1.38 bits per heavy atom. The summed E-state index contributed by atoms with van der Waals surface area (Å²) in [6.45, 7) is 2.85. The summed E-state index contributed by atoms with van der Waals surface area (Å²) in [6, 6.07) is 12.1. The van der Waals surface area contributed by atoms with Crippen molar-refractivity contribution in [2.75, 3.05) is 5.75 Å². The minimum Gasteiger partial charge on any atom is -0.410 e. The van der Waals surface area contributed by atoms with Crippen molar-refractivity contribution in [2.24, 2.45) is 5.92 Å². The van der Waals surface area contributed by atoms with Crippen LogP contribution in [0.4, 0.5) is 0 Å². The van der Waals surface area contributed by atoms with E-state index in [-0.39, 0.29) is 11.5 Å². The van der Waals surface area contributed by atoms with Crippen LogP contribution in [0.5, 0.6) is 0 Å². The summed E-state index contributed by atoms with van der Waals surface area (Å²) in [5.74, 6) is 1.46. The minimum absolute atomic E-state index is 0.00207. The van der Waals surface area contributed by atoms with Gasteiger partial charge in [0.2, 0.25) is 0 Å². The van der Waals surface area contributed by atoms with E-state index in [0.29, 0.717) is 29.6 Å². The fraction of sp³-hybridized carbons (Fsp3) is 0.333. The molecule has 0 radical (unpaired) electrons. The molecule has 6 nitrogen and oxygen atoms in total. The molecule has 32 heavy (non-hydrogen) atoms. The highest BCUT2D eigenvalue weighted by atomic mass is 32.2. The molecule has 0 saturated carbocycles. The number of thioether (sulfide) groups is 1. The number of carbonyl (C=O) groups is 1. The molecular weight excluding hydrogens is 440 g/mol. The largest absolute Gasteiger partial charge is 0.410 e. The molecule has 1 aliphatic carbocycles. The maximum atomic E-state index is 13.0. The lowest BCUT2D eigenvalue weighted by atomic mass is 9.90. The molecule has 0 spiro atoms. The van der Waals surface area contributed by atoms with Gasteiger partial charge in [-0.2, -0.15) is 5.26 Å². The normalized spacial score (nSPS) is 15.6. The smallest absolute Gasteiger partial charge is 0.277 e. The molecule has 0 saturated heterocycles. The van der Waals surface area contributed by atoms with Gasteiger partial charge in [-0.05, 0) is 42.9 Å².